The molecule has 1 amide bonds. The van der Waals surface area contributed by atoms with Gasteiger partial charge < -0.3 is 0 Å². The van der Waals surface area contributed by atoms with Crippen molar-refractivity contribution in [3.63, 3.8) is 0 Å². The Bertz CT molecular complexity index is 471. The average Bonchev–Trinajstić information content (AvgIpc) is 2.45. The minimum atomic E-state index is -0.757. The molecule has 1 unspecified atom stereocenters. The molecule has 2 rings (SSSR count). The van der Waals surface area contributed by atoms with Gasteiger partial charge in [0.2, 0.25) is 5.11 Å². The molecule has 0 fully saturated rings. The molecule has 0 spiro atoms. The van der Waals surface area contributed by atoms with Crippen molar-refractivity contribution in [1.82, 2.24) is 5.32 Å². The molecule has 1 atom stereocenters. The van der Waals surface area contributed by atoms with Crippen molar-refractivity contribution in [3.8, 4) is 0 Å². The fourth-order valence-electron chi connectivity index (χ4n) is 1.10. The van der Waals surface area contributed by atoms with Crippen LogP contribution in [0, 0.1) is 0 Å². The monoisotopic (exact) mass is 279 g/mol. The SMILES string of the molecule is O=C1NC(=S)N=NC1c1cc(Cl)sc1Cl. The van der Waals surface area contributed by atoms with E-state index in [4.69, 9.17) is 23.2 Å². The number of thiocarbonyl (C=S) groups is 1. The highest BCUT2D eigenvalue weighted by molar-refractivity contribution is 7.80. The molecule has 1 N–H and O–H groups in total. The van der Waals surface area contributed by atoms with Crippen LogP contribution < -0.4 is 5.32 Å². The molecule has 0 saturated carbocycles. The van der Waals surface area contributed by atoms with Crippen LogP contribution in [0.5, 0.6) is 0 Å². The Labute approximate surface area is 104 Å². The molecule has 0 radical (unpaired) electrons. The molecule has 2 heterocycles. The summed E-state index contributed by atoms with van der Waals surface area (Å²) >= 11 is 17.5. The van der Waals surface area contributed by atoms with Crippen LogP contribution in [0.1, 0.15) is 11.6 Å². The molecular formula is C7H3Cl2N3OS2. The van der Waals surface area contributed by atoms with Crippen molar-refractivity contribution < 1.29 is 4.79 Å². The van der Waals surface area contributed by atoms with Gasteiger partial charge in [0, 0.05) is 5.56 Å². The van der Waals surface area contributed by atoms with Crippen LogP contribution in [0.3, 0.4) is 0 Å². The maximum absolute atomic E-state index is 11.5. The van der Waals surface area contributed by atoms with Gasteiger partial charge >= 0.3 is 0 Å². The summed E-state index contributed by atoms with van der Waals surface area (Å²) in [5.74, 6) is -0.341. The normalized spacial score (nSPS) is 20.5. The van der Waals surface area contributed by atoms with E-state index < -0.39 is 6.04 Å². The van der Waals surface area contributed by atoms with Crippen LogP contribution in [-0.4, -0.2) is 11.0 Å². The Morgan fingerprint density at radius 1 is 1.53 bits per heavy atom. The maximum Gasteiger partial charge on any atom is 0.257 e. The molecule has 1 aromatic heterocycles. The van der Waals surface area contributed by atoms with Crippen molar-refractivity contribution in [1.29, 1.82) is 0 Å². The van der Waals surface area contributed by atoms with E-state index in [0.29, 0.717) is 14.2 Å². The number of carbonyl (C=O) groups excluding carboxylic acids is 1. The fourth-order valence-corrected chi connectivity index (χ4v) is 2.77. The van der Waals surface area contributed by atoms with Gasteiger partial charge in [0.05, 0.1) is 4.34 Å². The number of nitrogens with zero attached hydrogens (tertiary/aromatic N) is 2. The second-order valence-electron chi connectivity index (χ2n) is 2.69. The average molecular weight is 280 g/mol. The lowest BCUT2D eigenvalue weighted by atomic mass is 10.1. The molecule has 8 heteroatoms. The quantitative estimate of drug-likeness (QED) is 0.804. The molecule has 0 bridgehead atoms. The Balaban J connectivity index is 2.39. The first-order valence-corrected chi connectivity index (χ1v) is 5.76. The van der Waals surface area contributed by atoms with E-state index in [9.17, 15) is 4.79 Å². The van der Waals surface area contributed by atoms with E-state index in [-0.39, 0.29) is 11.0 Å². The van der Waals surface area contributed by atoms with Gasteiger partial charge in [-0.15, -0.1) is 16.5 Å². The first kappa shape index (κ1) is 10.9. The zero-order valence-electron chi connectivity index (χ0n) is 7.03. The third kappa shape index (κ3) is 2.17. The highest BCUT2D eigenvalue weighted by Crippen LogP contribution is 2.37. The van der Waals surface area contributed by atoms with Gasteiger partial charge in [0.15, 0.2) is 6.04 Å². The smallest absolute Gasteiger partial charge is 0.257 e. The van der Waals surface area contributed by atoms with Gasteiger partial charge in [-0.3, -0.25) is 10.1 Å². The second kappa shape index (κ2) is 4.13. The summed E-state index contributed by atoms with van der Waals surface area (Å²) in [5.41, 5.74) is 0.551. The van der Waals surface area contributed by atoms with Crippen LogP contribution in [0.2, 0.25) is 8.67 Å². The summed E-state index contributed by atoms with van der Waals surface area (Å²) in [6.45, 7) is 0. The molecule has 0 saturated heterocycles. The van der Waals surface area contributed by atoms with E-state index in [2.05, 4.69) is 27.8 Å². The number of azo groups is 1. The standard InChI is InChI=1S/C7H3Cl2N3OS2/c8-3-1-2(5(9)15-3)4-6(13)10-7(14)12-11-4/h1,4H,(H,10,13,14). The van der Waals surface area contributed by atoms with Gasteiger partial charge in [0.1, 0.15) is 4.34 Å². The topological polar surface area (TPSA) is 53.8 Å². The number of hydrogen-bond acceptors (Lipinski definition) is 4. The molecule has 1 aromatic rings. The zero-order chi connectivity index (χ0) is 11.0. The molecule has 4 nitrogen and oxygen atoms in total. The second-order valence-corrected chi connectivity index (χ2v) is 5.36. The van der Waals surface area contributed by atoms with Gasteiger partial charge in [-0.25, -0.2) is 0 Å². The van der Waals surface area contributed by atoms with Gasteiger partial charge in [-0.05, 0) is 18.3 Å². The predicted octanol–water partition coefficient (Wildman–Crippen LogP) is 2.96. The molecule has 1 aliphatic rings. The molecule has 15 heavy (non-hydrogen) atoms. The molecule has 0 aromatic carbocycles. The summed E-state index contributed by atoms with van der Waals surface area (Å²) in [4.78, 5) is 11.5. The zero-order valence-corrected chi connectivity index (χ0v) is 10.2. The van der Waals surface area contributed by atoms with Crippen molar-refractivity contribution in [2.45, 2.75) is 6.04 Å². The summed E-state index contributed by atoms with van der Waals surface area (Å²) in [5, 5.41) is 9.85. The van der Waals surface area contributed by atoms with E-state index in [1.165, 1.54) is 11.3 Å². The first-order chi connectivity index (χ1) is 7.08. The van der Waals surface area contributed by atoms with E-state index in [0.717, 1.165) is 0 Å². The first-order valence-electron chi connectivity index (χ1n) is 3.78. The Morgan fingerprint density at radius 3 is 2.80 bits per heavy atom. The summed E-state index contributed by atoms with van der Waals surface area (Å²) in [6, 6.07) is 0.847. The molecule has 0 aliphatic carbocycles. The van der Waals surface area contributed by atoms with Gasteiger partial charge in [0.25, 0.3) is 5.91 Å². The van der Waals surface area contributed by atoms with Crippen LogP contribution in [0.25, 0.3) is 0 Å². The van der Waals surface area contributed by atoms with E-state index >= 15 is 0 Å². The predicted molar refractivity (Wildman–Crippen MR) is 62.7 cm³/mol. The van der Waals surface area contributed by atoms with Crippen molar-refractivity contribution in [3.05, 3.63) is 20.3 Å². The van der Waals surface area contributed by atoms with Crippen molar-refractivity contribution in [2.24, 2.45) is 10.2 Å². The molecule has 78 valence electrons. The third-order valence-corrected chi connectivity index (χ3v) is 3.42. The van der Waals surface area contributed by atoms with Gasteiger partial charge in [-0.2, -0.15) is 5.11 Å². The Morgan fingerprint density at radius 2 is 2.27 bits per heavy atom. The molecule has 1 aliphatic heterocycles. The van der Waals surface area contributed by atoms with Crippen LogP contribution in [0.15, 0.2) is 16.3 Å². The minimum absolute atomic E-state index is 0.0636. The minimum Gasteiger partial charge on any atom is -0.298 e. The maximum atomic E-state index is 11.5. The van der Waals surface area contributed by atoms with Crippen molar-refractivity contribution >= 4 is 57.8 Å². The number of rotatable bonds is 1. The Hall–Kier alpha value is -0.560. The fraction of sp³-hybridized carbons (Fsp3) is 0.143. The van der Waals surface area contributed by atoms with E-state index in [1.807, 2.05) is 0 Å². The van der Waals surface area contributed by atoms with Crippen molar-refractivity contribution in [2.75, 3.05) is 0 Å². The van der Waals surface area contributed by atoms with Gasteiger partial charge in [-0.1, -0.05) is 23.2 Å². The number of halogens is 2. The largest absolute Gasteiger partial charge is 0.298 e. The third-order valence-electron chi connectivity index (χ3n) is 1.72. The van der Waals surface area contributed by atoms with Crippen LogP contribution in [-0.2, 0) is 4.79 Å². The number of nitrogens with one attached hydrogen (secondary N) is 1. The summed E-state index contributed by atoms with van der Waals surface area (Å²) < 4.78 is 0.943. The summed E-state index contributed by atoms with van der Waals surface area (Å²) in [6.07, 6.45) is 0. The number of hydrogen-bond donors (Lipinski definition) is 1. The number of carbonyl (C=O) groups is 1. The lowest BCUT2D eigenvalue weighted by molar-refractivity contribution is -0.121. The summed E-state index contributed by atoms with van der Waals surface area (Å²) in [7, 11) is 0. The molecular weight excluding hydrogens is 277 g/mol. The lowest BCUT2D eigenvalue weighted by Crippen LogP contribution is -2.34. The number of amides is 1. The van der Waals surface area contributed by atoms with Crippen LogP contribution >= 0.6 is 46.8 Å². The lowest BCUT2D eigenvalue weighted by Gasteiger charge is -2.14. The Kier molecular flexibility index (Phi) is 3.01. The number of thiophene rings is 1. The van der Waals surface area contributed by atoms with E-state index in [1.54, 1.807) is 6.07 Å². The van der Waals surface area contributed by atoms with Crippen LogP contribution in [0.4, 0.5) is 0 Å². The highest BCUT2D eigenvalue weighted by Gasteiger charge is 2.28. The highest BCUT2D eigenvalue weighted by atomic mass is 35.5.